The zero-order valence-corrected chi connectivity index (χ0v) is 9.51. The van der Waals surface area contributed by atoms with Gasteiger partial charge in [0.15, 0.2) is 0 Å². The normalized spacial score (nSPS) is 14.2. The van der Waals surface area contributed by atoms with E-state index in [1.807, 2.05) is 19.1 Å². The maximum absolute atomic E-state index is 11.0. The molecular weight excluding hydrogens is 206 g/mol. The SMILES string of the molecule is CCC(C(=O)O)C(N)c1cccc(OC)c1. The van der Waals surface area contributed by atoms with Gasteiger partial charge in [-0.05, 0) is 24.1 Å². The number of hydrogen-bond acceptors (Lipinski definition) is 3. The lowest BCUT2D eigenvalue weighted by molar-refractivity contribution is -0.142. The summed E-state index contributed by atoms with van der Waals surface area (Å²) in [7, 11) is 1.57. The molecule has 1 rings (SSSR count). The Morgan fingerprint density at radius 1 is 1.56 bits per heavy atom. The zero-order chi connectivity index (χ0) is 12.1. The van der Waals surface area contributed by atoms with Crippen molar-refractivity contribution < 1.29 is 14.6 Å². The predicted molar refractivity (Wildman–Crippen MR) is 61.3 cm³/mol. The van der Waals surface area contributed by atoms with Crippen LogP contribution in [0.4, 0.5) is 0 Å². The number of carboxylic acids is 1. The molecule has 4 nitrogen and oxygen atoms in total. The van der Waals surface area contributed by atoms with Crippen LogP contribution in [0.2, 0.25) is 0 Å². The molecule has 0 radical (unpaired) electrons. The van der Waals surface area contributed by atoms with Crippen LogP contribution in [0, 0.1) is 5.92 Å². The summed E-state index contributed by atoms with van der Waals surface area (Å²) in [4.78, 5) is 11.0. The van der Waals surface area contributed by atoms with Crippen LogP contribution >= 0.6 is 0 Å². The van der Waals surface area contributed by atoms with Gasteiger partial charge in [0.05, 0.1) is 13.0 Å². The first kappa shape index (κ1) is 12.5. The van der Waals surface area contributed by atoms with E-state index >= 15 is 0 Å². The molecule has 1 aromatic rings. The lowest BCUT2D eigenvalue weighted by atomic mass is 9.92. The average molecular weight is 223 g/mol. The Kier molecular flexibility index (Phi) is 4.31. The standard InChI is InChI=1S/C12H17NO3/c1-3-10(12(14)15)11(13)8-5-4-6-9(7-8)16-2/h4-7,10-11H,3,13H2,1-2H3,(H,14,15). The monoisotopic (exact) mass is 223 g/mol. The van der Waals surface area contributed by atoms with Gasteiger partial charge < -0.3 is 15.6 Å². The molecular formula is C12H17NO3. The quantitative estimate of drug-likeness (QED) is 0.798. The average Bonchev–Trinajstić information content (AvgIpc) is 2.29. The molecule has 0 aliphatic carbocycles. The van der Waals surface area contributed by atoms with Crippen LogP contribution < -0.4 is 10.5 Å². The number of nitrogens with two attached hydrogens (primary N) is 1. The van der Waals surface area contributed by atoms with Gasteiger partial charge >= 0.3 is 5.97 Å². The van der Waals surface area contributed by atoms with Crippen LogP contribution in [0.5, 0.6) is 5.75 Å². The smallest absolute Gasteiger partial charge is 0.308 e. The molecule has 0 amide bonds. The van der Waals surface area contributed by atoms with Crippen LogP contribution in [-0.4, -0.2) is 18.2 Å². The number of methoxy groups -OCH3 is 1. The summed E-state index contributed by atoms with van der Waals surface area (Å²) < 4.78 is 5.08. The third-order valence-corrected chi connectivity index (χ3v) is 2.67. The number of hydrogen-bond donors (Lipinski definition) is 2. The fraction of sp³-hybridized carbons (Fsp3) is 0.417. The molecule has 0 saturated carbocycles. The van der Waals surface area contributed by atoms with Crippen LogP contribution in [0.3, 0.4) is 0 Å². The number of benzene rings is 1. The van der Waals surface area contributed by atoms with Crippen molar-refractivity contribution in [3.05, 3.63) is 29.8 Å². The van der Waals surface area contributed by atoms with Gasteiger partial charge in [-0.1, -0.05) is 19.1 Å². The van der Waals surface area contributed by atoms with E-state index in [4.69, 9.17) is 15.6 Å². The van der Waals surface area contributed by atoms with Crippen LogP contribution in [0.25, 0.3) is 0 Å². The molecule has 16 heavy (non-hydrogen) atoms. The minimum Gasteiger partial charge on any atom is -0.497 e. The second-order valence-electron chi connectivity index (χ2n) is 3.66. The summed E-state index contributed by atoms with van der Waals surface area (Å²) in [6, 6.07) is 6.70. The van der Waals surface area contributed by atoms with Crippen molar-refractivity contribution in [3.63, 3.8) is 0 Å². The molecule has 0 bridgehead atoms. The van der Waals surface area contributed by atoms with E-state index in [2.05, 4.69) is 0 Å². The van der Waals surface area contributed by atoms with Crippen molar-refractivity contribution in [3.8, 4) is 5.75 Å². The molecule has 0 saturated heterocycles. The Labute approximate surface area is 95.0 Å². The van der Waals surface area contributed by atoms with Gasteiger partial charge in [-0.2, -0.15) is 0 Å². The fourth-order valence-electron chi connectivity index (χ4n) is 1.66. The molecule has 0 aliphatic heterocycles. The summed E-state index contributed by atoms with van der Waals surface area (Å²) in [6.07, 6.45) is 0.508. The lowest BCUT2D eigenvalue weighted by Gasteiger charge is -2.19. The lowest BCUT2D eigenvalue weighted by Crippen LogP contribution is -2.27. The Bertz CT molecular complexity index is 365. The fourth-order valence-corrected chi connectivity index (χ4v) is 1.66. The number of rotatable bonds is 5. The molecule has 1 aromatic carbocycles. The minimum atomic E-state index is -0.863. The van der Waals surface area contributed by atoms with Crippen molar-refractivity contribution in [2.45, 2.75) is 19.4 Å². The second-order valence-corrected chi connectivity index (χ2v) is 3.66. The van der Waals surface area contributed by atoms with Crippen LogP contribution in [-0.2, 0) is 4.79 Å². The Morgan fingerprint density at radius 2 is 2.25 bits per heavy atom. The summed E-state index contributed by atoms with van der Waals surface area (Å²) in [5.74, 6) is -0.738. The summed E-state index contributed by atoms with van der Waals surface area (Å²) in [5.41, 5.74) is 6.72. The molecule has 0 aliphatic rings. The Balaban J connectivity index is 2.93. The third-order valence-electron chi connectivity index (χ3n) is 2.67. The third kappa shape index (κ3) is 2.73. The van der Waals surface area contributed by atoms with Gasteiger partial charge in [0.25, 0.3) is 0 Å². The van der Waals surface area contributed by atoms with Crippen molar-refractivity contribution >= 4 is 5.97 Å². The van der Waals surface area contributed by atoms with Gasteiger partial charge in [-0.15, -0.1) is 0 Å². The van der Waals surface area contributed by atoms with Crippen LogP contribution in [0.1, 0.15) is 24.9 Å². The van der Waals surface area contributed by atoms with Crippen molar-refractivity contribution in [2.75, 3.05) is 7.11 Å². The van der Waals surface area contributed by atoms with Crippen molar-refractivity contribution in [2.24, 2.45) is 11.7 Å². The number of carbonyl (C=O) groups is 1. The first-order chi connectivity index (χ1) is 7.60. The van der Waals surface area contributed by atoms with Gasteiger partial charge in [0.2, 0.25) is 0 Å². The highest BCUT2D eigenvalue weighted by Crippen LogP contribution is 2.25. The van der Waals surface area contributed by atoms with E-state index in [0.717, 1.165) is 5.56 Å². The van der Waals surface area contributed by atoms with E-state index in [1.165, 1.54) is 0 Å². The first-order valence-electron chi connectivity index (χ1n) is 5.22. The largest absolute Gasteiger partial charge is 0.497 e. The summed E-state index contributed by atoms with van der Waals surface area (Å²) in [6.45, 7) is 1.82. The zero-order valence-electron chi connectivity index (χ0n) is 9.51. The molecule has 2 atom stereocenters. The summed E-state index contributed by atoms with van der Waals surface area (Å²) in [5, 5.41) is 9.02. The topological polar surface area (TPSA) is 72.5 Å². The van der Waals surface area contributed by atoms with Gasteiger partial charge in [0, 0.05) is 6.04 Å². The van der Waals surface area contributed by atoms with E-state index in [-0.39, 0.29) is 0 Å². The predicted octanol–water partition coefficient (Wildman–Crippen LogP) is 1.81. The second kappa shape index (κ2) is 5.51. The Hall–Kier alpha value is -1.55. The highest BCUT2D eigenvalue weighted by Gasteiger charge is 2.24. The van der Waals surface area contributed by atoms with E-state index < -0.39 is 17.9 Å². The Morgan fingerprint density at radius 3 is 2.75 bits per heavy atom. The molecule has 0 heterocycles. The molecule has 2 unspecified atom stereocenters. The number of ether oxygens (including phenoxy) is 1. The minimum absolute atomic E-state index is 0.502. The molecule has 3 N–H and O–H groups in total. The first-order valence-corrected chi connectivity index (χ1v) is 5.22. The number of carboxylic acid groups (broad SMARTS) is 1. The maximum atomic E-state index is 11.0. The van der Waals surface area contributed by atoms with E-state index in [9.17, 15) is 4.79 Å². The van der Waals surface area contributed by atoms with Crippen molar-refractivity contribution in [1.82, 2.24) is 0 Å². The molecule has 4 heteroatoms. The van der Waals surface area contributed by atoms with Gasteiger partial charge in [-0.25, -0.2) is 0 Å². The molecule has 0 aromatic heterocycles. The highest BCUT2D eigenvalue weighted by atomic mass is 16.5. The summed E-state index contributed by atoms with van der Waals surface area (Å²) >= 11 is 0. The van der Waals surface area contributed by atoms with E-state index in [0.29, 0.717) is 12.2 Å². The van der Waals surface area contributed by atoms with Gasteiger partial charge in [0.1, 0.15) is 5.75 Å². The maximum Gasteiger partial charge on any atom is 0.308 e. The van der Waals surface area contributed by atoms with Crippen molar-refractivity contribution in [1.29, 1.82) is 0 Å². The highest BCUT2D eigenvalue weighted by molar-refractivity contribution is 5.71. The van der Waals surface area contributed by atoms with E-state index in [1.54, 1.807) is 19.2 Å². The number of aliphatic carboxylic acids is 1. The molecule has 88 valence electrons. The molecule has 0 fully saturated rings. The van der Waals surface area contributed by atoms with Gasteiger partial charge in [-0.3, -0.25) is 4.79 Å². The van der Waals surface area contributed by atoms with Crippen LogP contribution in [0.15, 0.2) is 24.3 Å². The molecule has 0 spiro atoms.